The molecule has 1 aliphatic heterocycles. The van der Waals surface area contributed by atoms with Crippen LogP contribution in [0.25, 0.3) is 0 Å². The summed E-state index contributed by atoms with van der Waals surface area (Å²) in [4.78, 5) is 14.4. The third-order valence-electron chi connectivity index (χ3n) is 4.30. The molecule has 1 atom stereocenters. The summed E-state index contributed by atoms with van der Waals surface area (Å²) in [6, 6.07) is 7.81. The lowest BCUT2D eigenvalue weighted by Gasteiger charge is -2.38. The average molecular weight is 291 g/mol. The molecule has 1 heterocycles. The first-order valence-corrected chi connectivity index (χ1v) is 7.45. The van der Waals surface area contributed by atoms with Crippen LogP contribution in [-0.2, 0) is 11.2 Å². The number of primary amides is 1. The summed E-state index contributed by atoms with van der Waals surface area (Å²) in [6.45, 7) is 5.51. The molecule has 1 saturated heterocycles. The number of nitrogens with zero attached hydrogens (tertiary/aromatic N) is 1. The van der Waals surface area contributed by atoms with E-state index < -0.39 is 5.54 Å². The fourth-order valence-electron chi connectivity index (χ4n) is 2.91. The van der Waals surface area contributed by atoms with E-state index in [-0.39, 0.29) is 5.91 Å². The van der Waals surface area contributed by atoms with Gasteiger partial charge in [0.05, 0.1) is 7.11 Å². The first-order valence-electron chi connectivity index (χ1n) is 7.45. The molecule has 1 unspecified atom stereocenters. The summed E-state index contributed by atoms with van der Waals surface area (Å²) >= 11 is 0. The monoisotopic (exact) mass is 291 g/mol. The number of benzene rings is 1. The zero-order valence-corrected chi connectivity index (χ0v) is 12.9. The van der Waals surface area contributed by atoms with Gasteiger partial charge in [-0.05, 0) is 31.5 Å². The van der Waals surface area contributed by atoms with E-state index in [0.717, 1.165) is 43.9 Å². The molecule has 0 aromatic heterocycles. The number of methoxy groups -OCH3 is 1. The maximum absolute atomic E-state index is 12.2. The molecule has 5 heteroatoms. The molecular formula is C16H25N3O2. The van der Waals surface area contributed by atoms with Gasteiger partial charge in [0.1, 0.15) is 11.3 Å². The summed E-state index contributed by atoms with van der Waals surface area (Å²) in [5.41, 5.74) is 6.07. The van der Waals surface area contributed by atoms with Crippen LogP contribution in [0, 0.1) is 0 Å². The number of para-hydroxylation sites is 1. The van der Waals surface area contributed by atoms with Crippen molar-refractivity contribution in [2.24, 2.45) is 5.73 Å². The van der Waals surface area contributed by atoms with Gasteiger partial charge in [-0.25, -0.2) is 0 Å². The van der Waals surface area contributed by atoms with E-state index in [1.54, 1.807) is 7.11 Å². The number of ether oxygens (including phenoxy) is 1. The van der Waals surface area contributed by atoms with Gasteiger partial charge in [0.2, 0.25) is 5.91 Å². The number of rotatable bonds is 5. The second-order valence-electron chi connectivity index (χ2n) is 5.72. The van der Waals surface area contributed by atoms with Gasteiger partial charge in [-0.1, -0.05) is 18.2 Å². The number of carbonyl (C=O) groups excluding carboxylic acids is 1. The molecule has 116 valence electrons. The summed E-state index contributed by atoms with van der Waals surface area (Å²) in [5.74, 6) is 0.522. The average Bonchev–Trinajstić information content (AvgIpc) is 2.77. The Hall–Kier alpha value is -1.59. The number of amides is 1. The fraction of sp³-hybridized carbons (Fsp3) is 0.562. The van der Waals surface area contributed by atoms with Crippen molar-refractivity contribution in [2.75, 3.05) is 33.3 Å². The van der Waals surface area contributed by atoms with Crippen LogP contribution in [0.2, 0.25) is 0 Å². The number of hydrogen-bond acceptors (Lipinski definition) is 4. The predicted molar refractivity (Wildman–Crippen MR) is 83.4 cm³/mol. The smallest absolute Gasteiger partial charge is 0.238 e. The Kier molecular flexibility index (Phi) is 5.20. The molecule has 21 heavy (non-hydrogen) atoms. The lowest BCUT2D eigenvalue weighted by Crippen LogP contribution is -2.57. The van der Waals surface area contributed by atoms with E-state index in [9.17, 15) is 4.79 Å². The molecule has 1 aromatic rings. The highest BCUT2D eigenvalue weighted by molar-refractivity contribution is 5.84. The van der Waals surface area contributed by atoms with Crippen molar-refractivity contribution in [3.05, 3.63) is 29.8 Å². The molecule has 0 bridgehead atoms. The van der Waals surface area contributed by atoms with Crippen molar-refractivity contribution in [3.63, 3.8) is 0 Å². The zero-order chi connectivity index (χ0) is 15.3. The Morgan fingerprint density at radius 1 is 1.38 bits per heavy atom. The van der Waals surface area contributed by atoms with Gasteiger partial charge in [-0.2, -0.15) is 0 Å². The molecule has 3 N–H and O–H groups in total. The molecule has 0 spiro atoms. The Balaban J connectivity index is 2.26. The maximum atomic E-state index is 12.2. The van der Waals surface area contributed by atoms with Crippen LogP contribution in [0.3, 0.4) is 0 Å². The molecule has 1 aliphatic rings. The van der Waals surface area contributed by atoms with Gasteiger partial charge in [0.15, 0.2) is 0 Å². The Morgan fingerprint density at radius 2 is 2.14 bits per heavy atom. The molecule has 0 radical (unpaired) electrons. The maximum Gasteiger partial charge on any atom is 0.238 e. The molecular weight excluding hydrogens is 266 g/mol. The Labute approximate surface area is 126 Å². The van der Waals surface area contributed by atoms with E-state index in [2.05, 4.69) is 10.2 Å². The van der Waals surface area contributed by atoms with Gasteiger partial charge in [0.25, 0.3) is 0 Å². The van der Waals surface area contributed by atoms with E-state index in [1.807, 2.05) is 31.2 Å². The zero-order valence-electron chi connectivity index (χ0n) is 12.9. The third kappa shape index (κ3) is 3.54. The summed E-state index contributed by atoms with van der Waals surface area (Å²) in [5, 5.41) is 3.36. The van der Waals surface area contributed by atoms with Crippen LogP contribution < -0.4 is 15.8 Å². The number of carbonyl (C=O) groups is 1. The van der Waals surface area contributed by atoms with Crippen molar-refractivity contribution in [2.45, 2.75) is 25.3 Å². The van der Waals surface area contributed by atoms with Crippen LogP contribution in [0.5, 0.6) is 5.75 Å². The fourth-order valence-corrected chi connectivity index (χ4v) is 2.91. The van der Waals surface area contributed by atoms with E-state index >= 15 is 0 Å². The van der Waals surface area contributed by atoms with E-state index in [0.29, 0.717) is 6.42 Å². The molecule has 0 aliphatic carbocycles. The van der Waals surface area contributed by atoms with Gasteiger partial charge >= 0.3 is 0 Å². The minimum Gasteiger partial charge on any atom is -0.496 e. The molecule has 0 saturated carbocycles. The quantitative estimate of drug-likeness (QED) is 0.841. The second-order valence-corrected chi connectivity index (χ2v) is 5.72. The van der Waals surface area contributed by atoms with Gasteiger partial charge in [-0.15, -0.1) is 0 Å². The predicted octanol–water partition coefficient (Wildman–Crippen LogP) is 0.777. The first-order chi connectivity index (χ1) is 10.1. The van der Waals surface area contributed by atoms with E-state index in [1.165, 1.54) is 0 Å². The van der Waals surface area contributed by atoms with Gasteiger partial charge in [-0.3, -0.25) is 9.69 Å². The second kappa shape index (κ2) is 6.91. The lowest BCUT2D eigenvalue weighted by molar-refractivity contribution is -0.129. The Bertz CT molecular complexity index is 484. The van der Waals surface area contributed by atoms with Gasteiger partial charge in [0, 0.05) is 26.1 Å². The van der Waals surface area contributed by atoms with Gasteiger partial charge < -0.3 is 15.8 Å². The number of hydrogen-bond donors (Lipinski definition) is 2. The first kappa shape index (κ1) is 15.8. The summed E-state index contributed by atoms with van der Waals surface area (Å²) < 4.78 is 5.40. The highest BCUT2D eigenvalue weighted by Crippen LogP contribution is 2.27. The van der Waals surface area contributed by atoms with Crippen molar-refractivity contribution >= 4 is 5.91 Å². The Morgan fingerprint density at radius 3 is 2.86 bits per heavy atom. The number of nitrogens with one attached hydrogen (secondary N) is 1. The molecule has 2 rings (SSSR count). The number of nitrogens with two attached hydrogens (primary N) is 1. The minimum absolute atomic E-state index is 0.282. The third-order valence-corrected chi connectivity index (χ3v) is 4.30. The van der Waals surface area contributed by atoms with Crippen molar-refractivity contribution in [3.8, 4) is 5.75 Å². The van der Waals surface area contributed by atoms with Crippen LogP contribution in [0.1, 0.15) is 18.9 Å². The van der Waals surface area contributed by atoms with E-state index in [4.69, 9.17) is 10.5 Å². The van der Waals surface area contributed by atoms with Crippen LogP contribution in [0.4, 0.5) is 0 Å². The molecule has 5 nitrogen and oxygen atoms in total. The molecule has 1 aromatic carbocycles. The highest BCUT2D eigenvalue weighted by Gasteiger charge is 2.38. The summed E-state index contributed by atoms with van der Waals surface area (Å²) in [7, 11) is 1.65. The van der Waals surface area contributed by atoms with Crippen LogP contribution >= 0.6 is 0 Å². The van der Waals surface area contributed by atoms with Crippen molar-refractivity contribution in [1.82, 2.24) is 10.2 Å². The minimum atomic E-state index is -0.694. The molecule has 1 fully saturated rings. The summed E-state index contributed by atoms with van der Waals surface area (Å²) in [6.07, 6.45) is 1.58. The highest BCUT2D eigenvalue weighted by atomic mass is 16.5. The van der Waals surface area contributed by atoms with Crippen molar-refractivity contribution in [1.29, 1.82) is 0 Å². The SMILES string of the molecule is COc1ccccc1CC(C)(C(N)=O)N1CCCNCC1. The largest absolute Gasteiger partial charge is 0.496 e. The van der Waals surface area contributed by atoms with Crippen LogP contribution in [0.15, 0.2) is 24.3 Å². The topological polar surface area (TPSA) is 67.6 Å². The standard InChI is InChI=1S/C16H25N3O2/c1-16(15(17)20,19-10-5-8-18-9-11-19)12-13-6-3-4-7-14(13)21-2/h3-4,6-7,18H,5,8-12H2,1-2H3,(H2,17,20). The van der Waals surface area contributed by atoms with Crippen LogP contribution in [-0.4, -0.2) is 49.6 Å². The van der Waals surface area contributed by atoms with Crippen molar-refractivity contribution < 1.29 is 9.53 Å². The normalized spacial score (nSPS) is 19.5. The lowest BCUT2D eigenvalue weighted by atomic mass is 9.89. The molecule has 1 amide bonds.